The number of nitrogens with one attached hydrogen (secondary N) is 1. The SMILES string of the molecule is Cn1nc(C(=O)O)cc1CN[C@@H]1c2ccccc2C[C@@H]1O. The number of aliphatic hydroxyl groups excluding tert-OH is 1. The Morgan fingerprint density at radius 1 is 1.48 bits per heavy atom. The summed E-state index contributed by atoms with van der Waals surface area (Å²) >= 11 is 0. The van der Waals surface area contributed by atoms with Crippen LogP contribution in [-0.2, 0) is 20.0 Å². The molecule has 21 heavy (non-hydrogen) atoms. The summed E-state index contributed by atoms with van der Waals surface area (Å²) in [5.74, 6) is -1.04. The Morgan fingerprint density at radius 2 is 2.24 bits per heavy atom. The van der Waals surface area contributed by atoms with E-state index in [-0.39, 0.29) is 11.7 Å². The lowest BCUT2D eigenvalue weighted by Gasteiger charge is -2.17. The van der Waals surface area contributed by atoms with E-state index in [2.05, 4.69) is 10.4 Å². The number of rotatable bonds is 4. The molecule has 0 amide bonds. The van der Waals surface area contributed by atoms with Crippen molar-refractivity contribution >= 4 is 5.97 Å². The summed E-state index contributed by atoms with van der Waals surface area (Å²) in [4.78, 5) is 10.9. The predicted octanol–water partition coefficient (Wildman–Crippen LogP) is 0.866. The number of carboxylic acid groups (broad SMARTS) is 1. The summed E-state index contributed by atoms with van der Waals surface area (Å²) in [5.41, 5.74) is 3.05. The molecule has 3 rings (SSSR count). The summed E-state index contributed by atoms with van der Waals surface area (Å²) < 4.78 is 1.55. The molecule has 0 unspecified atom stereocenters. The first kappa shape index (κ1) is 13.8. The van der Waals surface area contributed by atoms with Gasteiger partial charge in [0.2, 0.25) is 0 Å². The molecule has 2 atom stereocenters. The van der Waals surface area contributed by atoms with Gasteiger partial charge >= 0.3 is 5.97 Å². The fourth-order valence-corrected chi connectivity index (χ4v) is 2.81. The van der Waals surface area contributed by atoms with E-state index in [0.29, 0.717) is 13.0 Å². The molecule has 0 radical (unpaired) electrons. The zero-order valence-electron chi connectivity index (χ0n) is 11.7. The van der Waals surface area contributed by atoms with Gasteiger partial charge in [0, 0.05) is 20.0 Å². The van der Waals surface area contributed by atoms with Crippen molar-refractivity contribution in [1.82, 2.24) is 15.1 Å². The van der Waals surface area contributed by atoms with Crippen molar-refractivity contribution in [3.63, 3.8) is 0 Å². The van der Waals surface area contributed by atoms with E-state index in [4.69, 9.17) is 5.11 Å². The van der Waals surface area contributed by atoms with Gasteiger partial charge in [0.25, 0.3) is 0 Å². The Balaban J connectivity index is 1.75. The molecule has 1 aliphatic rings. The standard InChI is InChI=1S/C15H17N3O3/c1-18-10(7-12(17-18)15(20)21)8-16-14-11-5-3-2-4-9(11)6-13(14)19/h2-5,7,13-14,16,19H,6,8H2,1H3,(H,20,21)/t13-,14+/m0/s1. The first-order valence-corrected chi connectivity index (χ1v) is 6.81. The number of nitrogens with zero attached hydrogens (tertiary/aromatic N) is 2. The van der Waals surface area contributed by atoms with Gasteiger partial charge in [0.05, 0.1) is 17.8 Å². The summed E-state index contributed by atoms with van der Waals surface area (Å²) in [6.07, 6.45) is 0.175. The van der Waals surface area contributed by atoms with Crippen LogP contribution in [0.15, 0.2) is 30.3 Å². The fourth-order valence-electron chi connectivity index (χ4n) is 2.81. The van der Waals surface area contributed by atoms with Gasteiger partial charge in [0.1, 0.15) is 0 Å². The van der Waals surface area contributed by atoms with Gasteiger partial charge in [0.15, 0.2) is 5.69 Å². The summed E-state index contributed by atoms with van der Waals surface area (Å²) in [7, 11) is 1.71. The molecule has 0 spiro atoms. The van der Waals surface area contributed by atoms with Gasteiger partial charge in [-0.3, -0.25) is 4.68 Å². The zero-order chi connectivity index (χ0) is 15.0. The van der Waals surface area contributed by atoms with Crippen LogP contribution in [-0.4, -0.2) is 32.1 Å². The number of fused-ring (bicyclic) bond motifs is 1. The Hall–Kier alpha value is -2.18. The lowest BCUT2D eigenvalue weighted by molar-refractivity contribution is 0.0689. The highest BCUT2D eigenvalue weighted by Gasteiger charge is 2.30. The minimum atomic E-state index is -1.04. The molecule has 0 saturated heterocycles. The molecular weight excluding hydrogens is 270 g/mol. The van der Waals surface area contributed by atoms with E-state index < -0.39 is 12.1 Å². The Labute approximate surface area is 122 Å². The number of hydrogen-bond acceptors (Lipinski definition) is 4. The fraction of sp³-hybridized carbons (Fsp3) is 0.333. The maximum absolute atomic E-state index is 10.9. The molecule has 0 aliphatic heterocycles. The quantitative estimate of drug-likeness (QED) is 0.776. The Bertz CT molecular complexity index is 681. The second-order valence-corrected chi connectivity index (χ2v) is 5.28. The number of carboxylic acids is 1. The second kappa shape index (κ2) is 5.31. The lowest BCUT2D eigenvalue weighted by Crippen LogP contribution is -2.29. The number of aromatic nitrogens is 2. The third-order valence-corrected chi connectivity index (χ3v) is 3.90. The van der Waals surface area contributed by atoms with E-state index in [1.165, 1.54) is 0 Å². The van der Waals surface area contributed by atoms with Crippen LogP contribution in [0, 0.1) is 0 Å². The first-order valence-electron chi connectivity index (χ1n) is 6.81. The molecule has 6 heteroatoms. The number of aryl methyl sites for hydroxylation is 1. The molecule has 0 fully saturated rings. The third-order valence-electron chi connectivity index (χ3n) is 3.90. The van der Waals surface area contributed by atoms with E-state index >= 15 is 0 Å². The van der Waals surface area contributed by atoms with Crippen molar-refractivity contribution in [2.24, 2.45) is 7.05 Å². The zero-order valence-corrected chi connectivity index (χ0v) is 11.7. The van der Waals surface area contributed by atoms with E-state index in [1.807, 2.05) is 24.3 Å². The molecule has 1 heterocycles. The van der Waals surface area contributed by atoms with Crippen molar-refractivity contribution in [1.29, 1.82) is 0 Å². The number of carbonyl (C=O) groups is 1. The molecule has 3 N–H and O–H groups in total. The van der Waals surface area contributed by atoms with Crippen LogP contribution in [0.25, 0.3) is 0 Å². The molecule has 110 valence electrons. The highest BCUT2D eigenvalue weighted by atomic mass is 16.4. The maximum atomic E-state index is 10.9. The Kier molecular flexibility index (Phi) is 3.48. The topological polar surface area (TPSA) is 87.4 Å². The van der Waals surface area contributed by atoms with Crippen molar-refractivity contribution in [3.05, 3.63) is 52.8 Å². The molecule has 1 aromatic heterocycles. The van der Waals surface area contributed by atoms with Gasteiger partial charge in [-0.25, -0.2) is 4.79 Å². The molecule has 6 nitrogen and oxygen atoms in total. The van der Waals surface area contributed by atoms with Gasteiger partial charge < -0.3 is 15.5 Å². The monoisotopic (exact) mass is 287 g/mol. The van der Waals surface area contributed by atoms with Gasteiger partial charge in [-0.2, -0.15) is 5.10 Å². The highest BCUT2D eigenvalue weighted by Crippen LogP contribution is 2.31. The molecule has 1 aromatic carbocycles. The minimum absolute atomic E-state index is 0.0293. The van der Waals surface area contributed by atoms with Crippen LogP contribution in [0.2, 0.25) is 0 Å². The highest BCUT2D eigenvalue weighted by molar-refractivity contribution is 5.85. The van der Waals surface area contributed by atoms with E-state index in [9.17, 15) is 9.90 Å². The van der Waals surface area contributed by atoms with Crippen LogP contribution < -0.4 is 5.32 Å². The van der Waals surface area contributed by atoms with Crippen LogP contribution >= 0.6 is 0 Å². The summed E-state index contributed by atoms with van der Waals surface area (Å²) in [6, 6.07) is 9.36. The minimum Gasteiger partial charge on any atom is -0.476 e. The van der Waals surface area contributed by atoms with Crippen LogP contribution in [0.1, 0.15) is 33.4 Å². The lowest BCUT2D eigenvalue weighted by atomic mass is 10.1. The normalized spacial score (nSPS) is 20.5. The van der Waals surface area contributed by atoms with E-state index in [0.717, 1.165) is 16.8 Å². The molecular formula is C15H17N3O3. The predicted molar refractivity (Wildman–Crippen MR) is 75.9 cm³/mol. The van der Waals surface area contributed by atoms with Gasteiger partial charge in [-0.15, -0.1) is 0 Å². The number of benzene rings is 1. The summed E-state index contributed by atoms with van der Waals surface area (Å²) in [6.45, 7) is 0.451. The average Bonchev–Trinajstić information content (AvgIpc) is 2.97. The first-order chi connectivity index (χ1) is 10.1. The number of aliphatic hydroxyl groups is 1. The summed E-state index contributed by atoms with van der Waals surface area (Å²) in [5, 5.41) is 26.3. The molecule has 0 saturated carbocycles. The maximum Gasteiger partial charge on any atom is 0.356 e. The largest absolute Gasteiger partial charge is 0.476 e. The van der Waals surface area contributed by atoms with Crippen molar-refractivity contribution < 1.29 is 15.0 Å². The number of aromatic carboxylic acids is 1. The molecule has 2 aromatic rings. The smallest absolute Gasteiger partial charge is 0.356 e. The average molecular weight is 287 g/mol. The van der Waals surface area contributed by atoms with Gasteiger partial charge in [-0.05, 0) is 17.2 Å². The van der Waals surface area contributed by atoms with Crippen molar-refractivity contribution in [2.75, 3.05) is 0 Å². The van der Waals surface area contributed by atoms with Crippen LogP contribution in [0.4, 0.5) is 0 Å². The van der Waals surface area contributed by atoms with E-state index in [1.54, 1.807) is 17.8 Å². The third kappa shape index (κ3) is 2.55. The van der Waals surface area contributed by atoms with Crippen LogP contribution in [0.3, 0.4) is 0 Å². The van der Waals surface area contributed by atoms with Crippen molar-refractivity contribution in [3.8, 4) is 0 Å². The second-order valence-electron chi connectivity index (χ2n) is 5.28. The van der Waals surface area contributed by atoms with Crippen molar-refractivity contribution in [2.45, 2.75) is 25.1 Å². The number of hydrogen-bond donors (Lipinski definition) is 3. The van der Waals surface area contributed by atoms with Crippen LogP contribution in [0.5, 0.6) is 0 Å². The Morgan fingerprint density at radius 3 is 2.95 bits per heavy atom. The molecule has 0 bridgehead atoms. The van der Waals surface area contributed by atoms with Gasteiger partial charge in [-0.1, -0.05) is 24.3 Å². The molecule has 1 aliphatic carbocycles.